The van der Waals surface area contributed by atoms with Crippen molar-refractivity contribution in [3.8, 4) is 5.75 Å². The van der Waals surface area contributed by atoms with E-state index in [2.05, 4.69) is 5.32 Å². The van der Waals surface area contributed by atoms with Gasteiger partial charge in [-0.2, -0.15) is 0 Å². The zero-order valence-corrected chi connectivity index (χ0v) is 13.2. The van der Waals surface area contributed by atoms with E-state index in [0.717, 1.165) is 11.1 Å². The summed E-state index contributed by atoms with van der Waals surface area (Å²) in [7, 11) is 1.57. The SMILES string of the molecule is COc1ccccc1CNC(=O)COC(=O)c1ccc(C)cc1. The number of hydrogen-bond acceptors (Lipinski definition) is 4. The monoisotopic (exact) mass is 313 g/mol. The molecule has 2 aromatic carbocycles. The van der Waals surface area contributed by atoms with Crippen LogP contribution in [0, 0.1) is 6.92 Å². The maximum absolute atomic E-state index is 11.8. The van der Waals surface area contributed by atoms with E-state index >= 15 is 0 Å². The molecule has 0 aromatic heterocycles. The number of para-hydroxylation sites is 1. The van der Waals surface area contributed by atoms with Gasteiger partial charge in [-0.15, -0.1) is 0 Å². The molecule has 0 unspecified atom stereocenters. The lowest BCUT2D eigenvalue weighted by Gasteiger charge is -2.10. The van der Waals surface area contributed by atoms with Crippen LogP contribution in [0.1, 0.15) is 21.5 Å². The minimum Gasteiger partial charge on any atom is -0.496 e. The fourth-order valence-electron chi connectivity index (χ4n) is 2.00. The number of carbonyl (C=O) groups is 2. The number of benzene rings is 2. The lowest BCUT2D eigenvalue weighted by Crippen LogP contribution is -2.28. The second kappa shape index (κ2) is 7.98. The molecule has 2 rings (SSSR count). The maximum Gasteiger partial charge on any atom is 0.338 e. The van der Waals surface area contributed by atoms with Crippen LogP contribution < -0.4 is 10.1 Å². The quantitative estimate of drug-likeness (QED) is 0.832. The van der Waals surface area contributed by atoms with Crippen LogP contribution in [-0.2, 0) is 16.1 Å². The van der Waals surface area contributed by atoms with Crippen LogP contribution >= 0.6 is 0 Å². The summed E-state index contributed by atoms with van der Waals surface area (Å²) in [6.07, 6.45) is 0. The molecule has 23 heavy (non-hydrogen) atoms. The highest BCUT2D eigenvalue weighted by Gasteiger charge is 2.10. The van der Waals surface area contributed by atoms with Gasteiger partial charge in [0.15, 0.2) is 6.61 Å². The van der Waals surface area contributed by atoms with Crippen molar-refractivity contribution in [2.75, 3.05) is 13.7 Å². The Balaban J connectivity index is 1.81. The highest BCUT2D eigenvalue weighted by molar-refractivity contribution is 5.91. The molecule has 120 valence electrons. The van der Waals surface area contributed by atoms with Crippen molar-refractivity contribution in [2.24, 2.45) is 0 Å². The molecule has 0 aliphatic rings. The van der Waals surface area contributed by atoms with Gasteiger partial charge in [-0.05, 0) is 25.1 Å². The van der Waals surface area contributed by atoms with Gasteiger partial charge < -0.3 is 14.8 Å². The van der Waals surface area contributed by atoms with Gasteiger partial charge in [-0.25, -0.2) is 4.79 Å². The third-order valence-corrected chi connectivity index (χ3v) is 3.29. The van der Waals surface area contributed by atoms with Crippen molar-refractivity contribution in [2.45, 2.75) is 13.5 Å². The van der Waals surface area contributed by atoms with Crippen LogP contribution in [0.3, 0.4) is 0 Å². The van der Waals surface area contributed by atoms with E-state index in [9.17, 15) is 9.59 Å². The average Bonchev–Trinajstić information content (AvgIpc) is 2.58. The van der Waals surface area contributed by atoms with Crippen molar-refractivity contribution in [3.05, 3.63) is 65.2 Å². The van der Waals surface area contributed by atoms with Crippen LogP contribution in [0.2, 0.25) is 0 Å². The lowest BCUT2D eigenvalue weighted by atomic mass is 10.1. The van der Waals surface area contributed by atoms with Crippen LogP contribution in [0.4, 0.5) is 0 Å². The van der Waals surface area contributed by atoms with Crippen LogP contribution in [-0.4, -0.2) is 25.6 Å². The van der Waals surface area contributed by atoms with Crippen LogP contribution in [0.15, 0.2) is 48.5 Å². The van der Waals surface area contributed by atoms with Gasteiger partial charge in [0.25, 0.3) is 5.91 Å². The second-order valence-electron chi connectivity index (χ2n) is 5.03. The Bertz CT molecular complexity index is 680. The van der Waals surface area contributed by atoms with Gasteiger partial charge in [0, 0.05) is 12.1 Å². The zero-order chi connectivity index (χ0) is 16.7. The summed E-state index contributed by atoms with van der Waals surface area (Å²) < 4.78 is 10.2. The predicted octanol–water partition coefficient (Wildman–Crippen LogP) is 2.48. The molecule has 0 atom stereocenters. The van der Waals surface area contributed by atoms with Gasteiger partial charge in [0.05, 0.1) is 12.7 Å². The third-order valence-electron chi connectivity index (χ3n) is 3.29. The van der Waals surface area contributed by atoms with E-state index in [1.54, 1.807) is 19.2 Å². The van der Waals surface area contributed by atoms with Crippen molar-refractivity contribution in [1.29, 1.82) is 0 Å². The van der Waals surface area contributed by atoms with Gasteiger partial charge in [0.1, 0.15) is 5.75 Å². The Hall–Kier alpha value is -2.82. The molecule has 0 saturated carbocycles. The predicted molar refractivity (Wildman–Crippen MR) is 86.3 cm³/mol. The van der Waals surface area contributed by atoms with Gasteiger partial charge >= 0.3 is 5.97 Å². The minimum atomic E-state index is -0.516. The average molecular weight is 313 g/mol. The van der Waals surface area contributed by atoms with Crippen molar-refractivity contribution in [3.63, 3.8) is 0 Å². The fourth-order valence-corrected chi connectivity index (χ4v) is 2.00. The smallest absolute Gasteiger partial charge is 0.338 e. The molecule has 2 aromatic rings. The van der Waals surface area contributed by atoms with E-state index in [1.807, 2.05) is 43.3 Å². The van der Waals surface area contributed by atoms with Gasteiger partial charge in [0.2, 0.25) is 0 Å². The summed E-state index contributed by atoms with van der Waals surface area (Å²) in [6, 6.07) is 14.4. The summed E-state index contributed by atoms with van der Waals surface area (Å²) in [6.45, 7) is 1.92. The Labute approximate surface area is 135 Å². The van der Waals surface area contributed by atoms with E-state index in [0.29, 0.717) is 17.9 Å². The molecular formula is C18H19NO4. The first-order valence-corrected chi connectivity index (χ1v) is 7.22. The van der Waals surface area contributed by atoms with Crippen molar-refractivity contribution < 1.29 is 19.1 Å². The number of ether oxygens (including phenoxy) is 2. The highest BCUT2D eigenvalue weighted by atomic mass is 16.5. The van der Waals surface area contributed by atoms with Crippen molar-refractivity contribution >= 4 is 11.9 Å². The van der Waals surface area contributed by atoms with E-state index in [4.69, 9.17) is 9.47 Å². The third kappa shape index (κ3) is 4.85. The number of hydrogen-bond donors (Lipinski definition) is 1. The van der Waals surface area contributed by atoms with Gasteiger partial charge in [-0.3, -0.25) is 4.79 Å². The first kappa shape index (κ1) is 16.5. The molecule has 0 radical (unpaired) electrons. The molecule has 0 heterocycles. The first-order valence-electron chi connectivity index (χ1n) is 7.22. The zero-order valence-electron chi connectivity index (χ0n) is 13.2. The molecular weight excluding hydrogens is 294 g/mol. The van der Waals surface area contributed by atoms with E-state index < -0.39 is 5.97 Å². The minimum absolute atomic E-state index is 0.310. The molecule has 0 fully saturated rings. The largest absolute Gasteiger partial charge is 0.496 e. The molecule has 0 aliphatic heterocycles. The Morgan fingerprint density at radius 3 is 2.43 bits per heavy atom. The topological polar surface area (TPSA) is 64.6 Å². The number of esters is 1. The number of amides is 1. The molecule has 5 nitrogen and oxygen atoms in total. The summed E-state index contributed by atoms with van der Waals surface area (Å²) in [4.78, 5) is 23.6. The molecule has 1 amide bonds. The van der Waals surface area contributed by atoms with E-state index in [-0.39, 0.29) is 12.5 Å². The number of methoxy groups -OCH3 is 1. The Kier molecular flexibility index (Phi) is 5.74. The lowest BCUT2D eigenvalue weighted by molar-refractivity contribution is -0.124. The van der Waals surface area contributed by atoms with Gasteiger partial charge in [-0.1, -0.05) is 35.9 Å². The second-order valence-corrected chi connectivity index (χ2v) is 5.03. The molecule has 0 spiro atoms. The normalized spacial score (nSPS) is 10.0. The maximum atomic E-state index is 11.8. The standard InChI is InChI=1S/C18H19NO4/c1-13-7-9-14(10-8-13)18(21)23-12-17(20)19-11-15-5-3-4-6-16(15)22-2/h3-10H,11-12H2,1-2H3,(H,19,20). The number of aryl methyl sites for hydroxylation is 1. The molecule has 1 N–H and O–H groups in total. The van der Waals surface area contributed by atoms with Crippen LogP contribution in [0.5, 0.6) is 5.75 Å². The fraction of sp³-hybridized carbons (Fsp3) is 0.222. The molecule has 0 bridgehead atoms. The first-order chi connectivity index (χ1) is 11.1. The summed E-state index contributed by atoms with van der Waals surface area (Å²) in [5.74, 6) is -0.182. The Morgan fingerprint density at radius 1 is 1.04 bits per heavy atom. The number of carbonyl (C=O) groups excluding carboxylic acids is 2. The number of rotatable bonds is 6. The van der Waals surface area contributed by atoms with Crippen LogP contribution in [0.25, 0.3) is 0 Å². The molecule has 0 aliphatic carbocycles. The van der Waals surface area contributed by atoms with Crippen molar-refractivity contribution in [1.82, 2.24) is 5.32 Å². The highest BCUT2D eigenvalue weighted by Crippen LogP contribution is 2.16. The summed E-state index contributed by atoms with van der Waals surface area (Å²) in [5.41, 5.74) is 2.33. The number of nitrogens with one attached hydrogen (secondary N) is 1. The Morgan fingerprint density at radius 2 is 1.74 bits per heavy atom. The molecule has 5 heteroatoms. The van der Waals surface area contributed by atoms with E-state index in [1.165, 1.54) is 0 Å². The molecule has 0 saturated heterocycles. The summed E-state index contributed by atoms with van der Waals surface area (Å²) >= 11 is 0. The summed E-state index contributed by atoms with van der Waals surface area (Å²) in [5, 5.41) is 2.69.